The molecule has 0 spiro atoms. The molecule has 0 radical (unpaired) electrons. The lowest BCUT2D eigenvalue weighted by molar-refractivity contribution is 0.102. The van der Waals surface area contributed by atoms with Gasteiger partial charge in [-0.2, -0.15) is 0 Å². The number of carbonyl (C=O) groups excluding carboxylic acids is 1. The van der Waals surface area contributed by atoms with Gasteiger partial charge in [0.1, 0.15) is 5.75 Å². The first-order valence-electron chi connectivity index (χ1n) is 8.12. The highest BCUT2D eigenvalue weighted by molar-refractivity contribution is 7.16. The van der Waals surface area contributed by atoms with Crippen LogP contribution in [0.15, 0.2) is 47.3 Å². The number of thiazole rings is 2. The van der Waals surface area contributed by atoms with E-state index >= 15 is 0 Å². The van der Waals surface area contributed by atoms with Gasteiger partial charge in [0.05, 0.1) is 28.0 Å². The maximum absolute atomic E-state index is 12.5. The third kappa shape index (κ3) is 2.75. The monoisotopic (exact) mass is 379 g/mol. The minimum Gasteiger partial charge on any atom is -0.493 e. The molecule has 1 N–H and O–H groups in total. The Bertz CT molecular complexity index is 1130. The van der Waals surface area contributed by atoms with E-state index in [4.69, 9.17) is 4.74 Å². The van der Waals surface area contributed by atoms with Crippen molar-refractivity contribution in [1.29, 1.82) is 0 Å². The second-order valence-electron chi connectivity index (χ2n) is 5.95. The average Bonchev–Trinajstić information content (AvgIpc) is 3.40. The Morgan fingerprint density at radius 2 is 2.12 bits per heavy atom. The van der Waals surface area contributed by atoms with Crippen LogP contribution < -0.4 is 10.1 Å². The molecule has 4 aromatic rings. The Hall–Kier alpha value is -2.77. The van der Waals surface area contributed by atoms with Gasteiger partial charge in [-0.15, -0.1) is 22.7 Å². The second-order valence-corrected chi connectivity index (χ2v) is 7.69. The maximum atomic E-state index is 12.5. The number of nitrogens with one attached hydrogen (secondary N) is 1. The number of fused-ring (bicyclic) bond motifs is 2. The zero-order chi connectivity index (χ0) is 17.5. The van der Waals surface area contributed by atoms with Crippen molar-refractivity contribution in [2.75, 3.05) is 11.9 Å². The molecule has 3 heterocycles. The molecule has 1 amide bonds. The normalized spacial score (nSPS) is 12.8. The predicted octanol–water partition coefficient (Wildman–Crippen LogP) is 4.61. The van der Waals surface area contributed by atoms with Crippen LogP contribution in [0.1, 0.15) is 15.9 Å². The van der Waals surface area contributed by atoms with E-state index in [2.05, 4.69) is 21.4 Å². The SMILES string of the molecule is O=C(Nc1nc(-c2ccc3c(c2)CCO3)cs1)c1ccc2ncsc2c1. The molecule has 0 fully saturated rings. The fraction of sp³-hybridized carbons (Fsp3) is 0.105. The number of nitrogens with zero attached hydrogens (tertiary/aromatic N) is 2. The van der Waals surface area contributed by atoms with Crippen LogP contribution >= 0.6 is 22.7 Å². The van der Waals surface area contributed by atoms with Crippen molar-refractivity contribution >= 4 is 43.9 Å². The van der Waals surface area contributed by atoms with Crippen LogP contribution in [0.5, 0.6) is 5.75 Å². The summed E-state index contributed by atoms with van der Waals surface area (Å²) in [6.07, 6.45) is 0.928. The lowest BCUT2D eigenvalue weighted by Gasteiger charge is -2.02. The molecule has 7 heteroatoms. The van der Waals surface area contributed by atoms with E-state index in [1.165, 1.54) is 28.2 Å². The van der Waals surface area contributed by atoms with Gasteiger partial charge in [0, 0.05) is 22.9 Å². The van der Waals surface area contributed by atoms with Crippen molar-refractivity contribution < 1.29 is 9.53 Å². The van der Waals surface area contributed by atoms with E-state index in [0.29, 0.717) is 10.7 Å². The highest BCUT2D eigenvalue weighted by Crippen LogP contribution is 2.32. The van der Waals surface area contributed by atoms with E-state index in [9.17, 15) is 4.79 Å². The number of hydrogen-bond donors (Lipinski definition) is 1. The molecule has 0 saturated carbocycles. The van der Waals surface area contributed by atoms with Crippen LogP contribution in [0.2, 0.25) is 0 Å². The molecule has 0 atom stereocenters. The van der Waals surface area contributed by atoms with Crippen LogP contribution in [0, 0.1) is 0 Å². The fourth-order valence-electron chi connectivity index (χ4n) is 2.98. The van der Waals surface area contributed by atoms with Crippen LogP contribution in [-0.4, -0.2) is 22.5 Å². The van der Waals surface area contributed by atoms with Crippen molar-refractivity contribution in [3.05, 3.63) is 58.4 Å². The number of anilines is 1. The van der Waals surface area contributed by atoms with Crippen molar-refractivity contribution in [2.45, 2.75) is 6.42 Å². The van der Waals surface area contributed by atoms with Gasteiger partial charge in [-0.1, -0.05) is 0 Å². The van der Waals surface area contributed by atoms with Crippen molar-refractivity contribution in [3.63, 3.8) is 0 Å². The van der Waals surface area contributed by atoms with Crippen LogP contribution in [0.3, 0.4) is 0 Å². The minimum absolute atomic E-state index is 0.163. The smallest absolute Gasteiger partial charge is 0.257 e. The molecule has 1 aliphatic heterocycles. The number of rotatable bonds is 3. The molecular weight excluding hydrogens is 366 g/mol. The lowest BCUT2D eigenvalue weighted by Crippen LogP contribution is -2.11. The number of carbonyl (C=O) groups is 1. The van der Waals surface area contributed by atoms with Gasteiger partial charge in [0.2, 0.25) is 0 Å². The number of benzene rings is 2. The molecule has 1 aliphatic rings. The first-order valence-corrected chi connectivity index (χ1v) is 9.88. The van der Waals surface area contributed by atoms with Crippen LogP contribution in [0.4, 0.5) is 5.13 Å². The van der Waals surface area contributed by atoms with Crippen LogP contribution in [0.25, 0.3) is 21.5 Å². The summed E-state index contributed by atoms with van der Waals surface area (Å²) in [5.41, 5.74) is 6.40. The summed E-state index contributed by atoms with van der Waals surface area (Å²) in [5, 5.41) is 5.43. The van der Waals surface area contributed by atoms with Gasteiger partial charge in [-0.05, 0) is 42.0 Å². The van der Waals surface area contributed by atoms with Gasteiger partial charge < -0.3 is 4.74 Å². The van der Waals surface area contributed by atoms with E-state index in [1.807, 2.05) is 29.6 Å². The maximum Gasteiger partial charge on any atom is 0.257 e. The zero-order valence-electron chi connectivity index (χ0n) is 13.6. The van der Waals surface area contributed by atoms with Gasteiger partial charge in [0.15, 0.2) is 5.13 Å². The van der Waals surface area contributed by atoms with Crippen molar-refractivity contribution in [1.82, 2.24) is 9.97 Å². The van der Waals surface area contributed by atoms with Gasteiger partial charge in [0.25, 0.3) is 5.91 Å². The molecule has 2 aromatic carbocycles. The third-order valence-corrected chi connectivity index (χ3v) is 5.85. The largest absolute Gasteiger partial charge is 0.493 e. The standard InChI is InChI=1S/C19H13N3O2S2/c23-18(13-1-3-14-17(8-13)26-10-20-14)22-19-21-15(9-25-19)11-2-4-16-12(7-11)5-6-24-16/h1-4,7-10H,5-6H2,(H,21,22,23). The third-order valence-electron chi connectivity index (χ3n) is 4.30. The molecule has 128 valence electrons. The summed E-state index contributed by atoms with van der Waals surface area (Å²) in [5.74, 6) is 0.791. The van der Waals surface area contributed by atoms with Crippen LogP contribution in [-0.2, 0) is 6.42 Å². The number of hydrogen-bond acceptors (Lipinski definition) is 6. The van der Waals surface area contributed by atoms with Gasteiger partial charge >= 0.3 is 0 Å². The Balaban J connectivity index is 1.37. The quantitative estimate of drug-likeness (QED) is 0.565. The molecule has 0 aliphatic carbocycles. The Kier molecular flexibility index (Phi) is 3.69. The molecule has 0 bridgehead atoms. The summed E-state index contributed by atoms with van der Waals surface area (Å²) in [6, 6.07) is 11.6. The lowest BCUT2D eigenvalue weighted by atomic mass is 10.1. The number of amides is 1. The Morgan fingerprint density at radius 3 is 3.08 bits per heavy atom. The van der Waals surface area contributed by atoms with Crippen molar-refractivity contribution in [2.24, 2.45) is 0 Å². The van der Waals surface area contributed by atoms with Gasteiger partial charge in [-0.3, -0.25) is 10.1 Å². The number of ether oxygens (including phenoxy) is 1. The van der Waals surface area contributed by atoms with E-state index in [0.717, 1.165) is 40.3 Å². The molecular formula is C19H13N3O2S2. The highest BCUT2D eigenvalue weighted by Gasteiger charge is 2.15. The average molecular weight is 379 g/mol. The Morgan fingerprint density at radius 1 is 1.15 bits per heavy atom. The van der Waals surface area contributed by atoms with E-state index < -0.39 is 0 Å². The molecule has 5 nitrogen and oxygen atoms in total. The fourth-order valence-corrected chi connectivity index (χ4v) is 4.41. The van der Waals surface area contributed by atoms with Crippen molar-refractivity contribution in [3.8, 4) is 17.0 Å². The second kappa shape index (κ2) is 6.19. The summed E-state index contributed by atoms with van der Waals surface area (Å²) in [6.45, 7) is 0.737. The zero-order valence-corrected chi connectivity index (χ0v) is 15.2. The first-order chi connectivity index (χ1) is 12.8. The number of aromatic nitrogens is 2. The van der Waals surface area contributed by atoms with Gasteiger partial charge in [-0.25, -0.2) is 9.97 Å². The van der Waals surface area contributed by atoms with E-state index in [-0.39, 0.29) is 5.91 Å². The first kappa shape index (κ1) is 15.5. The molecule has 0 unspecified atom stereocenters. The summed E-state index contributed by atoms with van der Waals surface area (Å²) in [7, 11) is 0. The summed E-state index contributed by atoms with van der Waals surface area (Å²) in [4.78, 5) is 21.3. The molecule has 0 saturated heterocycles. The summed E-state index contributed by atoms with van der Waals surface area (Å²) >= 11 is 2.94. The predicted molar refractivity (Wildman–Crippen MR) is 104 cm³/mol. The summed E-state index contributed by atoms with van der Waals surface area (Å²) < 4.78 is 6.54. The van der Waals surface area contributed by atoms with E-state index in [1.54, 1.807) is 11.6 Å². The molecule has 26 heavy (non-hydrogen) atoms. The molecule has 2 aromatic heterocycles. The minimum atomic E-state index is -0.163. The topological polar surface area (TPSA) is 64.1 Å². The highest BCUT2D eigenvalue weighted by atomic mass is 32.1. The Labute approximate surface area is 157 Å². The molecule has 5 rings (SSSR count).